The summed E-state index contributed by atoms with van der Waals surface area (Å²) in [6.07, 6.45) is 15.1. The fourth-order valence-corrected chi connectivity index (χ4v) is 7.41. The molecule has 1 heteroatoms. The summed E-state index contributed by atoms with van der Waals surface area (Å²) >= 11 is 0. The van der Waals surface area contributed by atoms with E-state index in [9.17, 15) is 0 Å². The Balaban J connectivity index is 1.19. The standard InChI is InChI=1S/C45H43N/c1-3-45(32-10-11-34(2)33-45)41-24-16-37(17-25-41)40-22-30-44(31-23-40)46(42-26-18-38(19-27-42)35-12-6-4-7-13-35)43-28-20-39(21-29-43)36-14-8-5-9-15-36/h4,6-8,12-31H,2-3,5,9-11,32-33H2,1H3. The highest BCUT2D eigenvalue weighted by molar-refractivity contribution is 5.82. The highest BCUT2D eigenvalue weighted by atomic mass is 15.1. The Morgan fingerprint density at radius 3 is 1.63 bits per heavy atom. The van der Waals surface area contributed by atoms with Crippen LogP contribution >= 0.6 is 0 Å². The lowest BCUT2D eigenvalue weighted by Crippen LogP contribution is -2.28. The Morgan fingerprint density at radius 2 is 1.13 bits per heavy atom. The number of benzene rings is 5. The molecule has 1 saturated carbocycles. The van der Waals surface area contributed by atoms with Crippen LogP contribution in [0.1, 0.15) is 63.0 Å². The van der Waals surface area contributed by atoms with E-state index in [1.165, 1.54) is 63.8 Å². The van der Waals surface area contributed by atoms with Gasteiger partial charge in [0.2, 0.25) is 0 Å². The molecule has 1 unspecified atom stereocenters. The molecule has 1 fully saturated rings. The monoisotopic (exact) mass is 597 g/mol. The Kier molecular flexibility index (Phi) is 8.57. The average molecular weight is 598 g/mol. The molecule has 0 amide bonds. The Hall–Kier alpha value is -4.88. The van der Waals surface area contributed by atoms with Crippen LogP contribution in [0, 0.1) is 0 Å². The molecule has 0 spiro atoms. The van der Waals surface area contributed by atoms with Gasteiger partial charge in [-0.15, -0.1) is 0 Å². The number of hydrogen-bond donors (Lipinski definition) is 0. The van der Waals surface area contributed by atoms with Gasteiger partial charge in [0.15, 0.2) is 0 Å². The van der Waals surface area contributed by atoms with Crippen molar-refractivity contribution in [3.8, 4) is 22.3 Å². The molecule has 0 N–H and O–H groups in total. The summed E-state index contributed by atoms with van der Waals surface area (Å²) in [6, 6.07) is 46.9. The molecule has 5 aromatic rings. The summed E-state index contributed by atoms with van der Waals surface area (Å²) in [5.74, 6) is 0. The molecule has 0 aliphatic heterocycles. The molecule has 228 valence electrons. The minimum Gasteiger partial charge on any atom is -0.311 e. The summed E-state index contributed by atoms with van der Waals surface area (Å²) in [7, 11) is 0. The highest BCUT2D eigenvalue weighted by Gasteiger charge is 2.33. The quantitative estimate of drug-likeness (QED) is 0.161. The molecule has 0 radical (unpaired) electrons. The van der Waals surface area contributed by atoms with E-state index >= 15 is 0 Å². The van der Waals surface area contributed by atoms with Crippen LogP contribution in [0.25, 0.3) is 27.8 Å². The molecule has 2 aliphatic rings. The Labute approximate surface area is 275 Å². The summed E-state index contributed by atoms with van der Waals surface area (Å²) in [6.45, 7) is 6.69. The molecule has 0 aromatic heterocycles. The maximum atomic E-state index is 4.35. The van der Waals surface area contributed by atoms with E-state index in [0.717, 1.165) is 42.7 Å². The summed E-state index contributed by atoms with van der Waals surface area (Å²) < 4.78 is 0. The van der Waals surface area contributed by atoms with Crippen LogP contribution in [0.2, 0.25) is 0 Å². The van der Waals surface area contributed by atoms with Crippen LogP contribution in [-0.2, 0) is 5.41 Å². The number of anilines is 3. The second-order valence-corrected chi connectivity index (χ2v) is 13.0. The average Bonchev–Trinajstić information content (AvgIpc) is 3.13. The summed E-state index contributed by atoms with van der Waals surface area (Å²) in [5.41, 5.74) is 14.1. The number of nitrogens with zero attached hydrogens (tertiary/aromatic N) is 1. The topological polar surface area (TPSA) is 3.24 Å². The number of hydrogen-bond acceptors (Lipinski definition) is 1. The van der Waals surface area contributed by atoms with Crippen molar-refractivity contribution in [3.63, 3.8) is 0 Å². The van der Waals surface area contributed by atoms with Gasteiger partial charge in [0.05, 0.1) is 0 Å². The lowest BCUT2D eigenvalue weighted by molar-refractivity contribution is 0.330. The largest absolute Gasteiger partial charge is 0.311 e. The molecule has 1 nitrogen and oxygen atoms in total. The second kappa shape index (κ2) is 13.2. The van der Waals surface area contributed by atoms with Gasteiger partial charge in [0.1, 0.15) is 0 Å². The molecule has 0 saturated heterocycles. The zero-order chi connectivity index (χ0) is 31.3. The van der Waals surface area contributed by atoms with Gasteiger partial charge in [-0.1, -0.05) is 128 Å². The smallest absolute Gasteiger partial charge is 0.0462 e. The van der Waals surface area contributed by atoms with E-state index < -0.39 is 0 Å². The molecule has 46 heavy (non-hydrogen) atoms. The van der Waals surface area contributed by atoms with Gasteiger partial charge in [0, 0.05) is 17.1 Å². The van der Waals surface area contributed by atoms with Crippen molar-refractivity contribution in [2.24, 2.45) is 0 Å². The zero-order valence-electron chi connectivity index (χ0n) is 27.0. The van der Waals surface area contributed by atoms with Crippen LogP contribution in [0.5, 0.6) is 0 Å². The maximum absolute atomic E-state index is 4.35. The first-order valence-electron chi connectivity index (χ1n) is 16.9. The van der Waals surface area contributed by atoms with Crippen LogP contribution in [0.4, 0.5) is 17.1 Å². The summed E-state index contributed by atoms with van der Waals surface area (Å²) in [5, 5.41) is 0. The second-order valence-electron chi connectivity index (χ2n) is 13.0. The van der Waals surface area contributed by atoms with Gasteiger partial charge < -0.3 is 4.90 Å². The van der Waals surface area contributed by atoms with Crippen LogP contribution in [0.3, 0.4) is 0 Å². The normalized spacial score (nSPS) is 17.8. The van der Waals surface area contributed by atoms with Gasteiger partial charge in [0.25, 0.3) is 0 Å². The van der Waals surface area contributed by atoms with Gasteiger partial charge >= 0.3 is 0 Å². The highest BCUT2D eigenvalue weighted by Crippen LogP contribution is 2.44. The zero-order valence-corrected chi connectivity index (χ0v) is 27.0. The van der Waals surface area contributed by atoms with Crippen LogP contribution in [0.15, 0.2) is 158 Å². The van der Waals surface area contributed by atoms with Gasteiger partial charge in [-0.2, -0.15) is 0 Å². The minimum atomic E-state index is 0.244. The fourth-order valence-electron chi connectivity index (χ4n) is 7.41. The lowest BCUT2D eigenvalue weighted by atomic mass is 9.66. The third-order valence-electron chi connectivity index (χ3n) is 10.1. The van der Waals surface area contributed by atoms with Crippen molar-refractivity contribution in [2.75, 3.05) is 4.90 Å². The first kappa shape index (κ1) is 29.8. The van der Waals surface area contributed by atoms with Crippen molar-refractivity contribution in [3.05, 3.63) is 169 Å². The SMILES string of the molecule is C=C1CCCC(CC)(c2ccc(-c3ccc(N(c4ccc(C5=CCCC=C5)cc4)c4ccc(-c5ccccc5)cc4)cc3)cc2)C1. The van der Waals surface area contributed by atoms with E-state index in [0.29, 0.717) is 0 Å². The Morgan fingerprint density at radius 1 is 0.609 bits per heavy atom. The predicted octanol–water partition coefficient (Wildman–Crippen LogP) is 13.0. The van der Waals surface area contributed by atoms with Crippen LogP contribution < -0.4 is 4.90 Å². The molecule has 5 aromatic carbocycles. The van der Waals surface area contributed by atoms with Gasteiger partial charge in [-0.25, -0.2) is 0 Å². The van der Waals surface area contributed by atoms with Crippen molar-refractivity contribution in [2.45, 2.75) is 57.3 Å². The van der Waals surface area contributed by atoms with Crippen molar-refractivity contribution >= 4 is 22.6 Å². The predicted molar refractivity (Wildman–Crippen MR) is 198 cm³/mol. The van der Waals surface area contributed by atoms with Crippen molar-refractivity contribution in [1.29, 1.82) is 0 Å². The molecular formula is C45H43N. The molecule has 0 bridgehead atoms. The Bertz CT molecular complexity index is 1840. The molecule has 7 rings (SSSR count). The third-order valence-corrected chi connectivity index (χ3v) is 10.1. The van der Waals surface area contributed by atoms with E-state index in [1.807, 2.05) is 0 Å². The first-order chi connectivity index (χ1) is 22.6. The first-order valence-corrected chi connectivity index (χ1v) is 16.9. The van der Waals surface area contributed by atoms with Gasteiger partial charge in [-0.05, 0) is 126 Å². The van der Waals surface area contributed by atoms with E-state index in [-0.39, 0.29) is 5.41 Å². The number of allylic oxidation sites excluding steroid dienone is 5. The summed E-state index contributed by atoms with van der Waals surface area (Å²) in [4.78, 5) is 2.36. The third kappa shape index (κ3) is 6.15. The maximum Gasteiger partial charge on any atom is 0.0462 e. The van der Waals surface area contributed by atoms with Crippen molar-refractivity contribution in [1.82, 2.24) is 0 Å². The number of rotatable bonds is 8. The van der Waals surface area contributed by atoms with E-state index in [4.69, 9.17) is 0 Å². The van der Waals surface area contributed by atoms with Gasteiger partial charge in [-0.3, -0.25) is 0 Å². The fraction of sp³-hybridized carbons (Fsp3) is 0.200. The van der Waals surface area contributed by atoms with E-state index in [2.05, 4.69) is 164 Å². The minimum absolute atomic E-state index is 0.244. The molecule has 1 atom stereocenters. The molecular weight excluding hydrogens is 555 g/mol. The molecule has 0 heterocycles. The van der Waals surface area contributed by atoms with E-state index in [1.54, 1.807) is 0 Å². The van der Waals surface area contributed by atoms with Crippen molar-refractivity contribution < 1.29 is 0 Å². The lowest BCUT2D eigenvalue weighted by Gasteiger charge is -2.38. The van der Waals surface area contributed by atoms with Crippen LogP contribution in [-0.4, -0.2) is 0 Å². The molecule has 2 aliphatic carbocycles.